The molecule has 150 valence electrons. The summed E-state index contributed by atoms with van der Waals surface area (Å²) in [5.74, 6) is -0.843. The van der Waals surface area contributed by atoms with Gasteiger partial charge in [-0.1, -0.05) is 30.3 Å². The highest BCUT2D eigenvalue weighted by Gasteiger charge is 2.19. The summed E-state index contributed by atoms with van der Waals surface area (Å²) in [5.41, 5.74) is 6.34. The van der Waals surface area contributed by atoms with Crippen LogP contribution in [0.3, 0.4) is 0 Å². The van der Waals surface area contributed by atoms with E-state index in [0.29, 0.717) is 15.2 Å². The van der Waals surface area contributed by atoms with Gasteiger partial charge in [0.1, 0.15) is 5.00 Å². The predicted octanol–water partition coefficient (Wildman–Crippen LogP) is 4.58. The van der Waals surface area contributed by atoms with Crippen LogP contribution >= 0.6 is 39.5 Å². The Kier molecular flexibility index (Phi) is 7.02. The van der Waals surface area contributed by atoms with Gasteiger partial charge < -0.3 is 14.5 Å². The summed E-state index contributed by atoms with van der Waals surface area (Å²) in [6.45, 7) is 2.00. The molecule has 0 aliphatic carbocycles. The molecule has 3 N–H and O–H groups in total. The van der Waals surface area contributed by atoms with E-state index in [2.05, 4.69) is 32.1 Å². The summed E-state index contributed by atoms with van der Waals surface area (Å²) in [6.07, 6.45) is 0. The molecule has 2 aromatic heterocycles. The number of furan rings is 1. The maximum atomic E-state index is 12.3. The normalized spacial score (nSPS) is 10.3. The second-order valence-corrected chi connectivity index (χ2v) is 7.82. The van der Waals surface area contributed by atoms with E-state index in [4.69, 9.17) is 21.4 Å². The molecule has 10 heteroatoms. The van der Waals surface area contributed by atoms with Gasteiger partial charge in [-0.25, -0.2) is 4.79 Å². The SMILES string of the molecule is CCOC(=O)c1cc(-c2ccccc2)sc1NC(=S)NNC(=O)c1ccc(Br)o1. The summed E-state index contributed by atoms with van der Waals surface area (Å²) < 4.78 is 10.7. The Morgan fingerprint density at radius 1 is 1.17 bits per heavy atom. The van der Waals surface area contributed by atoms with E-state index in [-0.39, 0.29) is 17.5 Å². The third-order valence-corrected chi connectivity index (χ3v) is 5.33. The number of carbonyl (C=O) groups excluding carboxylic acids is 2. The zero-order chi connectivity index (χ0) is 20.8. The Morgan fingerprint density at radius 2 is 1.93 bits per heavy atom. The van der Waals surface area contributed by atoms with Crippen molar-refractivity contribution >= 4 is 61.5 Å². The molecule has 29 heavy (non-hydrogen) atoms. The van der Waals surface area contributed by atoms with Crippen LogP contribution in [0, 0.1) is 0 Å². The molecule has 3 aromatic rings. The van der Waals surface area contributed by atoms with E-state index in [9.17, 15) is 9.59 Å². The monoisotopic (exact) mass is 493 g/mol. The van der Waals surface area contributed by atoms with Crippen molar-refractivity contribution in [1.82, 2.24) is 10.9 Å². The molecule has 0 radical (unpaired) electrons. The highest BCUT2D eigenvalue weighted by molar-refractivity contribution is 9.10. The van der Waals surface area contributed by atoms with E-state index in [0.717, 1.165) is 10.4 Å². The van der Waals surface area contributed by atoms with Gasteiger partial charge in [-0.2, -0.15) is 0 Å². The van der Waals surface area contributed by atoms with E-state index in [1.807, 2.05) is 30.3 Å². The summed E-state index contributed by atoms with van der Waals surface area (Å²) >= 11 is 9.71. The molecule has 0 aliphatic heterocycles. The number of carbonyl (C=O) groups is 2. The van der Waals surface area contributed by atoms with Crippen molar-refractivity contribution in [1.29, 1.82) is 0 Å². The first-order valence-corrected chi connectivity index (χ1v) is 10.5. The Bertz CT molecular complexity index is 1030. The summed E-state index contributed by atoms with van der Waals surface area (Å²) in [5, 5.41) is 3.55. The van der Waals surface area contributed by atoms with Gasteiger partial charge >= 0.3 is 11.9 Å². The lowest BCUT2D eigenvalue weighted by atomic mass is 10.1. The van der Waals surface area contributed by atoms with Crippen molar-refractivity contribution < 1.29 is 18.7 Å². The van der Waals surface area contributed by atoms with Gasteiger partial charge in [0.05, 0.1) is 12.2 Å². The van der Waals surface area contributed by atoms with Gasteiger partial charge in [0.2, 0.25) is 0 Å². The van der Waals surface area contributed by atoms with Crippen LogP contribution in [0.2, 0.25) is 0 Å². The van der Waals surface area contributed by atoms with E-state index in [1.165, 1.54) is 17.4 Å². The zero-order valence-electron chi connectivity index (χ0n) is 15.2. The standard InChI is InChI=1S/C19H16BrN3O4S2/c1-2-26-18(25)12-10-14(11-6-4-3-5-7-11)29-17(12)21-19(28)23-22-16(24)13-8-9-15(20)27-13/h3-10H,2H2,1H3,(H,22,24)(H2,21,23,28). The molecule has 0 saturated heterocycles. The molecule has 0 unspecified atom stereocenters. The Balaban J connectivity index is 1.72. The Hall–Kier alpha value is -2.69. The fourth-order valence-electron chi connectivity index (χ4n) is 2.33. The molecule has 0 spiro atoms. The second-order valence-electron chi connectivity index (χ2n) is 5.58. The van der Waals surface area contributed by atoms with Gasteiger partial charge in [0.15, 0.2) is 15.5 Å². The minimum Gasteiger partial charge on any atom is -0.462 e. The smallest absolute Gasteiger partial charge is 0.341 e. The molecular formula is C19H16BrN3O4S2. The van der Waals surface area contributed by atoms with Gasteiger partial charge in [-0.15, -0.1) is 11.3 Å². The molecule has 1 amide bonds. The van der Waals surface area contributed by atoms with Crippen LogP contribution in [0.1, 0.15) is 27.8 Å². The van der Waals surface area contributed by atoms with Gasteiger partial charge in [0.25, 0.3) is 0 Å². The van der Waals surface area contributed by atoms with Crippen molar-refractivity contribution in [2.75, 3.05) is 11.9 Å². The second kappa shape index (κ2) is 9.68. The van der Waals surface area contributed by atoms with Crippen LogP contribution in [0.25, 0.3) is 10.4 Å². The van der Waals surface area contributed by atoms with E-state index in [1.54, 1.807) is 19.1 Å². The summed E-state index contributed by atoms with van der Waals surface area (Å²) in [6, 6.07) is 14.5. The van der Waals surface area contributed by atoms with Crippen LogP contribution in [0.4, 0.5) is 5.00 Å². The number of thiophene rings is 1. The first kappa shape index (κ1) is 21.0. The Morgan fingerprint density at radius 3 is 2.59 bits per heavy atom. The van der Waals surface area contributed by atoms with Crippen molar-refractivity contribution in [2.24, 2.45) is 0 Å². The molecular weight excluding hydrogens is 478 g/mol. The molecule has 0 bridgehead atoms. The highest BCUT2D eigenvalue weighted by Crippen LogP contribution is 2.35. The number of benzene rings is 1. The zero-order valence-corrected chi connectivity index (χ0v) is 18.4. The number of hydrogen-bond acceptors (Lipinski definition) is 6. The highest BCUT2D eigenvalue weighted by atomic mass is 79.9. The van der Waals surface area contributed by atoms with Crippen LogP contribution in [0.15, 0.2) is 57.6 Å². The first-order valence-electron chi connectivity index (χ1n) is 8.47. The fraction of sp³-hybridized carbons (Fsp3) is 0.105. The van der Waals surface area contributed by atoms with E-state index < -0.39 is 11.9 Å². The van der Waals surface area contributed by atoms with Crippen molar-refractivity contribution in [3.8, 4) is 10.4 Å². The van der Waals surface area contributed by atoms with Gasteiger partial charge in [0, 0.05) is 4.88 Å². The quantitative estimate of drug-likeness (QED) is 0.272. The lowest BCUT2D eigenvalue weighted by molar-refractivity contribution is 0.0528. The third kappa shape index (κ3) is 5.43. The van der Waals surface area contributed by atoms with Crippen molar-refractivity contribution in [2.45, 2.75) is 6.92 Å². The van der Waals surface area contributed by atoms with Gasteiger partial charge in [-0.3, -0.25) is 15.6 Å². The number of thiocarbonyl (C=S) groups is 1. The maximum Gasteiger partial charge on any atom is 0.341 e. The van der Waals surface area contributed by atoms with E-state index >= 15 is 0 Å². The van der Waals surface area contributed by atoms with Gasteiger partial charge in [-0.05, 0) is 58.8 Å². The average Bonchev–Trinajstić information content (AvgIpc) is 3.33. The molecule has 2 heterocycles. The topological polar surface area (TPSA) is 92.6 Å². The number of hydrogen-bond donors (Lipinski definition) is 3. The Labute approximate surface area is 184 Å². The molecule has 1 aromatic carbocycles. The third-order valence-electron chi connectivity index (χ3n) is 3.60. The number of anilines is 1. The first-order chi connectivity index (χ1) is 14.0. The largest absolute Gasteiger partial charge is 0.462 e. The van der Waals surface area contributed by atoms with Crippen LogP contribution in [-0.4, -0.2) is 23.6 Å². The van der Waals surface area contributed by atoms with Crippen molar-refractivity contribution in [3.05, 3.63) is 64.5 Å². The lowest BCUT2D eigenvalue weighted by Gasteiger charge is -2.10. The lowest BCUT2D eigenvalue weighted by Crippen LogP contribution is -2.43. The molecule has 3 rings (SSSR count). The minimum atomic E-state index is -0.498. The molecule has 0 saturated carbocycles. The molecule has 7 nitrogen and oxygen atoms in total. The molecule has 0 atom stereocenters. The van der Waals surface area contributed by atoms with Crippen LogP contribution < -0.4 is 16.2 Å². The number of amides is 1. The molecule has 0 fully saturated rings. The van der Waals surface area contributed by atoms with Crippen LogP contribution in [-0.2, 0) is 4.74 Å². The van der Waals surface area contributed by atoms with Crippen LogP contribution in [0.5, 0.6) is 0 Å². The number of esters is 1. The number of ether oxygens (including phenoxy) is 1. The number of halogens is 1. The average molecular weight is 494 g/mol. The molecule has 0 aliphatic rings. The fourth-order valence-corrected chi connectivity index (χ4v) is 3.92. The number of nitrogens with one attached hydrogen (secondary N) is 3. The maximum absolute atomic E-state index is 12.3. The summed E-state index contributed by atoms with van der Waals surface area (Å²) in [7, 11) is 0. The summed E-state index contributed by atoms with van der Waals surface area (Å²) in [4.78, 5) is 25.2. The predicted molar refractivity (Wildman–Crippen MR) is 119 cm³/mol. The minimum absolute atomic E-state index is 0.107. The number of rotatable bonds is 5. The number of hydrazine groups is 1. The van der Waals surface area contributed by atoms with Crippen molar-refractivity contribution in [3.63, 3.8) is 0 Å².